The Labute approximate surface area is 208 Å². The third kappa shape index (κ3) is 77.7. The molecule has 0 bridgehead atoms. The smallest absolute Gasteiger partial charge is 0.291 e. The predicted molar refractivity (Wildman–Crippen MR) is 140 cm³/mol. The second-order valence-corrected chi connectivity index (χ2v) is 8.13. The summed E-state index contributed by atoms with van der Waals surface area (Å²) in [6.07, 6.45) is 22.8. The lowest BCUT2D eigenvalue weighted by molar-refractivity contribution is -0.742. The van der Waals surface area contributed by atoms with Gasteiger partial charge in [0.2, 0.25) is 0 Å². The molecule has 4 N–H and O–H groups in total. The molecule has 0 heterocycles. The molecule has 10 nitrogen and oxygen atoms in total. The Kier molecular flexibility index (Phi) is 48.3. The van der Waals surface area contributed by atoms with Crippen molar-refractivity contribution >= 4 is 0 Å². The lowest BCUT2D eigenvalue weighted by Crippen LogP contribution is -2.16. The van der Waals surface area contributed by atoms with Crippen molar-refractivity contribution in [1.29, 1.82) is 0 Å². The molecule has 0 unspecified atom stereocenters. The molecule has 10 heteroatoms. The van der Waals surface area contributed by atoms with E-state index in [0.717, 1.165) is 13.1 Å². The van der Waals surface area contributed by atoms with E-state index in [2.05, 4.69) is 38.3 Å². The highest BCUT2D eigenvalue weighted by Gasteiger charge is 1.93. The monoisotopic (exact) mass is 496 g/mol. The zero-order valence-corrected chi connectivity index (χ0v) is 22.6. The molecule has 0 fully saturated rings. The van der Waals surface area contributed by atoms with E-state index in [9.17, 15) is 0 Å². The highest BCUT2D eigenvalue weighted by Crippen LogP contribution is 2.09. The second-order valence-electron chi connectivity index (χ2n) is 8.13. The van der Waals surface area contributed by atoms with Crippen molar-refractivity contribution in [3.05, 3.63) is 20.2 Å². The van der Waals surface area contributed by atoms with Crippen molar-refractivity contribution in [1.82, 2.24) is 10.6 Å². The van der Waals surface area contributed by atoms with Gasteiger partial charge in [0, 0.05) is 0 Å². The van der Waals surface area contributed by atoms with Crippen LogP contribution >= 0.6 is 0 Å². The molecule has 0 aromatic heterocycles. The van der Waals surface area contributed by atoms with Crippen LogP contribution in [0, 0.1) is 20.2 Å². The average molecular weight is 497 g/mol. The molecule has 0 saturated heterocycles. The number of hydrogen-bond acceptors (Lipinski definition) is 6. The highest BCUT2D eigenvalue weighted by atomic mass is 16.9. The summed E-state index contributed by atoms with van der Waals surface area (Å²) in [5.41, 5.74) is 0. The van der Waals surface area contributed by atoms with Crippen LogP contribution in [0.15, 0.2) is 0 Å². The lowest BCUT2D eigenvalue weighted by atomic mass is 10.1. The summed E-state index contributed by atoms with van der Waals surface area (Å²) < 4.78 is 0. The van der Waals surface area contributed by atoms with Crippen LogP contribution in [0.4, 0.5) is 0 Å². The normalized spacial score (nSPS) is 9.53. The number of nitrogens with zero attached hydrogens (tertiary/aromatic N) is 2. The minimum Gasteiger partial charge on any atom is -0.328 e. The molecule has 0 atom stereocenters. The van der Waals surface area contributed by atoms with Gasteiger partial charge in [-0.2, -0.15) is 0 Å². The minimum atomic E-state index is -1.50. The van der Waals surface area contributed by atoms with Crippen LogP contribution in [-0.2, 0) is 0 Å². The summed E-state index contributed by atoms with van der Waals surface area (Å²) in [6.45, 7) is 13.5. The van der Waals surface area contributed by atoms with Crippen LogP contribution in [0.3, 0.4) is 0 Å². The summed E-state index contributed by atoms with van der Waals surface area (Å²) in [7, 11) is 0. The quantitative estimate of drug-likeness (QED) is 0.0818. The fourth-order valence-electron chi connectivity index (χ4n) is 3.14. The van der Waals surface area contributed by atoms with Crippen molar-refractivity contribution in [3.8, 4) is 0 Å². The van der Waals surface area contributed by atoms with Gasteiger partial charge in [0.15, 0.2) is 0 Å². The Morgan fingerprint density at radius 1 is 0.500 bits per heavy atom. The Morgan fingerprint density at radius 2 is 0.735 bits per heavy atom. The molecule has 34 heavy (non-hydrogen) atoms. The summed E-state index contributed by atoms with van der Waals surface area (Å²) in [6, 6.07) is 0. The van der Waals surface area contributed by atoms with E-state index >= 15 is 0 Å². The average Bonchev–Trinajstić information content (AvgIpc) is 2.76. The van der Waals surface area contributed by atoms with Gasteiger partial charge in [-0.1, -0.05) is 118 Å². The van der Waals surface area contributed by atoms with E-state index in [4.69, 9.17) is 30.6 Å². The fourth-order valence-corrected chi connectivity index (χ4v) is 3.14. The summed E-state index contributed by atoms with van der Waals surface area (Å²) in [5, 5.41) is 34.0. The largest absolute Gasteiger partial charge is 0.328 e. The Balaban J connectivity index is -0.000000281. The van der Waals surface area contributed by atoms with Gasteiger partial charge in [-0.05, 0) is 39.0 Å². The van der Waals surface area contributed by atoms with E-state index in [0.29, 0.717) is 0 Å². The molecule has 0 aliphatic heterocycles. The molecule has 0 saturated carbocycles. The van der Waals surface area contributed by atoms with Crippen LogP contribution < -0.4 is 10.6 Å². The first-order chi connectivity index (χ1) is 16.3. The van der Waals surface area contributed by atoms with Gasteiger partial charge < -0.3 is 21.0 Å². The molecule has 0 aliphatic rings. The van der Waals surface area contributed by atoms with Gasteiger partial charge in [-0.25, -0.2) is 0 Å². The maximum absolute atomic E-state index is 8.36. The first-order valence-electron chi connectivity index (χ1n) is 13.4. The van der Waals surface area contributed by atoms with Gasteiger partial charge in [-0.15, -0.1) is 20.2 Å². The molecular weight excluding hydrogens is 440 g/mol. The maximum atomic E-state index is 8.36. The lowest BCUT2D eigenvalue weighted by Gasteiger charge is -2.05. The number of unbranched alkanes of at least 4 members (excludes halogenated alkanes) is 14. The zero-order valence-electron chi connectivity index (χ0n) is 22.6. The molecular formula is C24H56N4O6. The second kappa shape index (κ2) is 41.6. The van der Waals surface area contributed by atoms with Crippen LogP contribution in [0.2, 0.25) is 0 Å². The van der Waals surface area contributed by atoms with E-state index in [-0.39, 0.29) is 0 Å². The Hall–Kier alpha value is -1.68. The highest BCUT2D eigenvalue weighted by molar-refractivity contribution is 4.52. The van der Waals surface area contributed by atoms with Crippen molar-refractivity contribution in [2.24, 2.45) is 0 Å². The van der Waals surface area contributed by atoms with Gasteiger partial charge in [0.05, 0.1) is 0 Å². The van der Waals surface area contributed by atoms with Crippen LogP contribution in [0.1, 0.15) is 130 Å². The van der Waals surface area contributed by atoms with Crippen LogP contribution in [0.5, 0.6) is 0 Å². The first kappa shape index (κ1) is 39.5. The van der Waals surface area contributed by atoms with Crippen LogP contribution in [0.25, 0.3) is 0 Å². The van der Waals surface area contributed by atoms with Gasteiger partial charge in [0.25, 0.3) is 10.2 Å². The van der Waals surface area contributed by atoms with Crippen molar-refractivity contribution < 1.29 is 20.6 Å². The molecule has 0 amide bonds. The topological polar surface area (TPSA) is 151 Å². The van der Waals surface area contributed by atoms with Gasteiger partial charge in [0.1, 0.15) is 0 Å². The van der Waals surface area contributed by atoms with E-state index in [1.54, 1.807) is 0 Å². The summed E-state index contributed by atoms with van der Waals surface area (Å²) in [5.74, 6) is 0. The van der Waals surface area contributed by atoms with Gasteiger partial charge in [-0.3, -0.25) is 0 Å². The summed E-state index contributed by atoms with van der Waals surface area (Å²) in [4.78, 5) is 16.7. The fraction of sp³-hybridized carbons (Fsp3) is 1.00. The zero-order chi connectivity index (χ0) is 26.7. The molecule has 208 valence electrons. The number of rotatable bonds is 20. The van der Waals surface area contributed by atoms with E-state index in [1.165, 1.54) is 116 Å². The maximum Gasteiger partial charge on any atom is 0.291 e. The standard InChI is InChI=1S/C20H43N.C4H11N.2HNO3/c1-3-5-7-9-11-13-15-17-19-21-20-18-16-14-12-10-8-6-4-2;1-3-5-4-2;2*2-1(3)4/h21H,3-20H2,1-2H3;5H,3-4H2,1-2H3;2*(H,2,3,4). The molecule has 0 aromatic carbocycles. The van der Waals surface area contributed by atoms with Crippen molar-refractivity contribution in [3.63, 3.8) is 0 Å². The third-order valence-electron chi connectivity index (χ3n) is 4.91. The summed E-state index contributed by atoms with van der Waals surface area (Å²) >= 11 is 0. The Morgan fingerprint density at radius 3 is 0.941 bits per heavy atom. The van der Waals surface area contributed by atoms with E-state index < -0.39 is 10.2 Å². The third-order valence-corrected chi connectivity index (χ3v) is 4.91. The van der Waals surface area contributed by atoms with Gasteiger partial charge >= 0.3 is 0 Å². The Bertz CT molecular complexity index is 337. The molecule has 0 spiro atoms. The SMILES string of the molecule is CCCCCCCCCCNCCCCCCCCCC.CCNCC.O=[N+]([O-])O.O=[N+]([O-])O. The predicted octanol–water partition coefficient (Wildman–Crippen LogP) is 6.78. The molecule has 0 rings (SSSR count). The number of nitrogens with one attached hydrogen (secondary N) is 2. The number of hydrogen-bond donors (Lipinski definition) is 4. The van der Waals surface area contributed by atoms with Crippen molar-refractivity contribution in [2.75, 3.05) is 26.2 Å². The molecule has 0 aromatic rings. The molecule has 0 radical (unpaired) electrons. The van der Waals surface area contributed by atoms with Crippen molar-refractivity contribution in [2.45, 2.75) is 130 Å². The van der Waals surface area contributed by atoms with Crippen LogP contribution in [-0.4, -0.2) is 46.8 Å². The first-order valence-corrected chi connectivity index (χ1v) is 13.4. The molecule has 0 aliphatic carbocycles. The minimum absolute atomic E-state index is 1.09. The van der Waals surface area contributed by atoms with E-state index in [1.807, 2.05) is 0 Å².